The zero-order valence-electron chi connectivity index (χ0n) is 11.8. The molecule has 1 aromatic carbocycles. The molecular weight excluding hydrogens is 250 g/mol. The summed E-state index contributed by atoms with van der Waals surface area (Å²) in [6.07, 6.45) is 4.81. The summed E-state index contributed by atoms with van der Waals surface area (Å²) in [6.45, 7) is 4.80. The van der Waals surface area contributed by atoms with E-state index in [1.807, 2.05) is 18.5 Å². The fourth-order valence-electron chi connectivity index (χ4n) is 2.76. The molecule has 2 heterocycles. The van der Waals surface area contributed by atoms with Gasteiger partial charge in [0, 0.05) is 42.1 Å². The third-order valence-electron chi connectivity index (χ3n) is 3.72. The molecule has 0 saturated carbocycles. The number of nitrogens with zero attached hydrogens (tertiary/aromatic N) is 1. The third kappa shape index (κ3) is 3.08. The van der Waals surface area contributed by atoms with Crippen molar-refractivity contribution in [2.75, 3.05) is 25.1 Å². The van der Waals surface area contributed by atoms with Crippen LogP contribution < -0.4 is 10.6 Å². The van der Waals surface area contributed by atoms with E-state index in [9.17, 15) is 0 Å². The fourth-order valence-corrected chi connectivity index (χ4v) is 2.76. The van der Waals surface area contributed by atoms with Gasteiger partial charge in [-0.2, -0.15) is 0 Å². The van der Waals surface area contributed by atoms with Crippen LogP contribution in [0, 0.1) is 0 Å². The first kappa shape index (κ1) is 13.3. The molecule has 2 N–H and O–H groups in total. The van der Waals surface area contributed by atoms with Crippen molar-refractivity contribution >= 4 is 16.5 Å². The van der Waals surface area contributed by atoms with E-state index in [1.54, 1.807) is 0 Å². The summed E-state index contributed by atoms with van der Waals surface area (Å²) in [5, 5.41) is 9.49. The largest absolute Gasteiger partial charge is 0.382 e. The fraction of sp³-hybridized carbons (Fsp3) is 0.438. The minimum Gasteiger partial charge on any atom is -0.382 e. The molecular formula is C16H21N3O. The van der Waals surface area contributed by atoms with Gasteiger partial charge in [-0.3, -0.25) is 4.98 Å². The van der Waals surface area contributed by atoms with Crippen molar-refractivity contribution in [3.8, 4) is 0 Å². The Morgan fingerprint density at radius 3 is 3.25 bits per heavy atom. The highest BCUT2D eigenvalue weighted by Crippen LogP contribution is 2.23. The van der Waals surface area contributed by atoms with Crippen LogP contribution >= 0.6 is 0 Å². The van der Waals surface area contributed by atoms with Gasteiger partial charge in [0.2, 0.25) is 0 Å². The number of nitrogens with one attached hydrogen (secondary N) is 2. The van der Waals surface area contributed by atoms with Gasteiger partial charge in [0.25, 0.3) is 0 Å². The van der Waals surface area contributed by atoms with Gasteiger partial charge in [0.05, 0.1) is 13.2 Å². The minimum atomic E-state index is 0.389. The van der Waals surface area contributed by atoms with Crippen LogP contribution in [0.4, 0.5) is 5.69 Å². The standard InChI is InChI=1S/C16H21N3O/c1-12(9-14-11-20-8-7-18-14)19-16-4-2-3-13-5-6-17-10-15(13)16/h2-6,10,12,14,18-19H,7-9,11H2,1H3. The van der Waals surface area contributed by atoms with E-state index < -0.39 is 0 Å². The summed E-state index contributed by atoms with van der Waals surface area (Å²) < 4.78 is 5.50. The van der Waals surface area contributed by atoms with Crippen molar-refractivity contribution in [1.29, 1.82) is 0 Å². The summed E-state index contributed by atoms with van der Waals surface area (Å²) in [4.78, 5) is 4.22. The van der Waals surface area contributed by atoms with Gasteiger partial charge in [-0.1, -0.05) is 12.1 Å². The highest BCUT2D eigenvalue weighted by Gasteiger charge is 2.16. The maximum Gasteiger partial charge on any atom is 0.0621 e. The first-order chi connectivity index (χ1) is 9.83. The molecule has 2 unspecified atom stereocenters. The monoisotopic (exact) mass is 271 g/mol. The average molecular weight is 271 g/mol. The van der Waals surface area contributed by atoms with Crippen molar-refractivity contribution < 1.29 is 4.74 Å². The molecule has 3 rings (SSSR count). The molecule has 2 atom stereocenters. The number of aromatic nitrogens is 1. The van der Waals surface area contributed by atoms with Crippen molar-refractivity contribution in [1.82, 2.24) is 10.3 Å². The molecule has 0 bridgehead atoms. The molecule has 0 aliphatic carbocycles. The second-order valence-corrected chi connectivity index (χ2v) is 5.41. The summed E-state index contributed by atoms with van der Waals surface area (Å²) in [6, 6.07) is 9.19. The molecule has 4 heteroatoms. The van der Waals surface area contributed by atoms with Gasteiger partial charge in [-0.15, -0.1) is 0 Å². The topological polar surface area (TPSA) is 46.2 Å². The van der Waals surface area contributed by atoms with E-state index in [0.717, 1.165) is 31.9 Å². The van der Waals surface area contributed by atoms with Crippen LogP contribution in [0.1, 0.15) is 13.3 Å². The summed E-state index contributed by atoms with van der Waals surface area (Å²) in [5.74, 6) is 0. The normalized spacial score (nSPS) is 20.8. The molecule has 0 spiro atoms. The SMILES string of the molecule is CC(CC1COCCN1)Nc1cccc2ccncc12. The molecule has 1 aliphatic rings. The lowest BCUT2D eigenvalue weighted by Crippen LogP contribution is -2.43. The van der Waals surface area contributed by atoms with Crippen LogP contribution in [0.25, 0.3) is 10.8 Å². The molecule has 2 aromatic rings. The maximum absolute atomic E-state index is 5.50. The van der Waals surface area contributed by atoms with Crippen LogP contribution in [0.15, 0.2) is 36.7 Å². The Hall–Kier alpha value is -1.65. The number of morpholine rings is 1. The maximum atomic E-state index is 5.50. The van der Waals surface area contributed by atoms with Gasteiger partial charge in [0.15, 0.2) is 0 Å². The predicted octanol–water partition coefficient (Wildman–Crippen LogP) is 2.41. The smallest absolute Gasteiger partial charge is 0.0621 e. The number of pyridine rings is 1. The number of benzene rings is 1. The van der Waals surface area contributed by atoms with Gasteiger partial charge in [-0.05, 0) is 30.9 Å². The Labute approximate surface area is 119 Å². The Bertz CT molecular complexity index is 561. The second-order valence-electron chi connectivity index (χ2n) is 5.41. The Balaban J connectivity index is 1.69. The average Bonchev–Trinajstić information content (AvgIpc) is 2.48. The summed E-state index contributed by atoms with van der Waals surface area (Å²) >= 11 is 0. The van der Waals surface area contributed by atoms with Crippen LogP contribution in [-0.2, 0) is 4.74 Å². The second kappa shape index (κ2) is 6.20. The summed E-state index contributed by atoms with van der Waals surface area (Å²) in [7, 11) is 0. The number of ether oxygens (including phenoxy) is 1. The van der Waals surface area contributed by atoms with Crippen LogP contribution in [-0.4, -0.2) is 36.8 Å². The number of fused-ring (bicyclic) bond motifs is 1. The molecule has 1 aliphatic heterocycles. The summed E-state index contributed by atoms with van der Waals surface area (Å²) in [5.41, 5.74) is 1.15. The van der Waals surface area contributed by atoms with Crippen molar-refractivity contribution in [3.05, 3.63) is 36.7 Å². The van der Waals surface area contributed by atoms with Crippen molar-refractivity contribution in [2.45, 2.75) is 25.4 Å². The number of rotatable bonds is 4. The number of hydrogen-bond acceptors (Lipinski definition) is 4. The van der Waals surface area contributed by atoms with E-state index in [2.05, 4.69) is 40.7 Å². The molecule has 20 heavy (non-hydrogen) atoms. The molecule has 1 fully saturated rings. The minimum absolute atomic E-state index is 0.389. The van der Waals surface area contributed by atoms with E-state index in [4.69, 9.17) is 4.74 Å². The lowest BCUT2D eigenvalue weighted by atomic mass is 10.1. The Kier molecular flexibility index (Phi) is 4.14. The molecule has 1 saturated heterocycles. The molecule has 106 valence electrons. The van der Waals surface area contributed by atoms with Crippen molar-refractivity contribution in [2.24, 2.45) is 0 Å². The number of hydrogen-bond donors (Lipinski definition) is 2. The van der Waals surface area contributed by atoms with Crippen molar-refractivity contribution in [3.63, 3.8) is 0 Å². The first-order valence-electron chi connectivity index (χ1n) is 7.23. The Morgan fingerprint density at radius 2 is 2.40 bits per heavy atom. The molecule has 0 amide bonds. The van der Waals surface area contributed by atoms with E-state index in [1.165, 1.54) is 10.8 Å². The van der Waals surface area contributed by atoms with Gasteiger partial charge in [-0.25, -0.2) is 0 Å². The van der Waals surface area contributed by atoms with Gasteiger partial charge >= 0.3 is 0 Å². The van der Waals surface area contributed by atoms with E-state index in [0.29, 0.717) is 12.1 Å². The predicted molar refractivity (Wildman–Crippen MR) is 82.1 cm³/mol. The Morgan fingerprint density at radius 1 is 1.45 bits per heavy atom. The zero-order chi connectivity index (χ0) is 13.8. The zero-order valence-corrected chi connectivity index (χ0v) is 11.8. The third-order valence-corrected chi connectivity index (χ3v) is 3.72. The van der Waals surface area contributed by atoms with E-state index in [-0.39, 0.29) is 0 Å². The molecule has 1 aromatic heterocycles. The highest BCUT2D eigenvalue weighted by atomic mass is 16.5. The molecule has 4 nitrogen and oxygen atoms in total. The van der Waals surface area contributed by atoms with Crippen LogP contribution in [0.5, 0.6) is 0 Å². The highest BCUT2D eigenvalue weighted by molar-refractivity contribution is 5.93. The van der Waals surface area contributed by atoms with E-state index >= 15 is 0 Å². The van der Waals surface area contributed by atoms with Gasteiger partial charge < -0.3 is 15.4 Å². The number of anilines is 1. The van der Waals surface area contributed by atoms with Crippen LogP contribution in [0.3, 0.4) is 0 Å². The van der Waals surface area contributed by atoms with Gasteiger partial charge in [0.1, 0.15) is 0 Å². The lowest BCUT2D eigenvalue weighted by Gasteiger charge is -2.27. The van der Waals surface area contributed by atoms with Crippen LogP contribution in [0.2, 0.25) is 0 Å². The quantitative estimate of drug-likeness (QED) is 0.896. The lowest BCUT2D eigenvalue weighted by molar-refractivity contribution is 0.0731. The first-order valence-corrected chi connectivity index (χ1v) is 7.23. The molecule has 0 radical (unpaired) electrons.